The van der Waals surface area contributed by atoms with Crippen LogP contribution in [-0.4, -0.2) is 23.1 Å². The van der Waals surface area contributed by atoms with Gasteiger partial charge < -0.3 is 15.8 Å². The second kappa shape index (κ2) is 5.85. The molecule has 5 nitrogen and oxygen atoms in total. The van der Waals surface area contributed by atoms with Gasteiger partial charge in [0.2, 0.25) is 5.88 Å². The number of ether oxygens (including phenoxy) is 1. The van der Waals surface area contributed by atoms with E-state index in [1.807, 2.05) is 0 Å². The molecule has 3 N–H and O–H groups in total. The van der Waals surface area contributed by atoms with Gasteiger partial charge in [-0.15, -0.1) is 0 Å². The van der Waals surface area contributed by atoms with Crippen LogP contribution in [0, 0.1) is 17.8 Å². The Morgan fingerprint density at radius 2 is 2.00 bits per heavy atom. The summed E-state index contributed by atoms with van der Waals surface area (Å²) in [6.07, 6.45) is 8.05. The van der Waals surface area contributed by atoms with Gasteiger partial charge in [-0.3, -0.25) is 0 Å². The third kappa shape index (κ3) is 3.14. The highest BCUT2D eigenvalue weighted by atomic mass is 16.5. The van der Waals surface area contributed by atoms with Crippen LogP contribution in [0.15, 0.2) is 6.33 Å². The van der Waals surface area contributed by atoms with Crippen molar-refractivity contribution in [2.24, 2.45) is 17.8 Å². The Hall–Kier alpha value is -1.52. The maximum atomic E-state index is 6.08. The molecule has 20 heavy (non-hydrogen) atoms. The highest BCUT2D eigenvalue weighted by Crippen LogP contribution is 2.49. The molecule has 1 heterocycles. The number of nitrogens with two attached hydrogens (primary N) is 1. The van der Waals surface area contributed by atoms with Crippen LogP contribution in [-0.2, 0) is 0 Å². The predicted molar refractivity (Wildman–Crippen MR) is 79.7 cm³/mol. The normalized spacial score (nSPS) is 18.3. The Labute approximate surface area is 120 Å². The molecule has 0 aliphatic heterocycles. The molecule has 0 spiro atoms. The van der Waals surface area contributed by atoms with Crippen LogP contribution in [0.4, 0.5) is 11.5 Å². The topological polar surface area (TPSA) is 73.1 Å². The fourth-order valence-corrected chi connectivity index (χ4v) is 2.82. The minimum Gasteiger partial charge on any atom is -0.476 e. The van der Waals surface area contributed by atoms with Crippen molar-refractivity contribution in [3.05, 3.63) is 6.33 Å². The van der Waals surface area contributed by atoms with Gasteiger partial charge in [0.15, 0.2) is 5.82 Å². The summed E-state index contributed by atoms with van der Waals surface area (Å²) in [5, 5.41) is 3.42. The summed E-state index contributed by atoms with van der Waals surface area (Å²) < 4.78 is 5.54. The molecule has 2 aliphatic carbocycles. The van der Waals surface area contributed by atoms with Crippen molar-refractivity contribution in [1.29, 1.82) is 0 Å². The molecule has 110 valence electrons. The average Bonchev–Trinajstić information content (AvgIpc) is 3.33. The van der Waals surface area contributed by atoms with Crippen LogP contribution in [0.25, 0.3) is 0 Å². The Morgan fingerprint density at radius 1 is 1.30 bits per heavy atom. The van der Waals surface area contributed by atoms with E-state index in [9.17, 15) is 0 Å². The smallest absolute Gasteiger partial charge is 0.242 e. The molecule has 0 aromatic carbocycles. The Bertz CT molecular complexity index is 445. The van der Waals surface area contributed by atoms with Crippen LogP contribution in [0.3, 0.4) is 0 Å². The van der Waals surface area contributed by atoms with Crippen molar-refractivity contribution >= 4 is 11.5 Å². The van der Waals surface area contributed by atoms with Gasteiger partial charge in [-0.2, -0.15) is 4.98 Å². The lowest BCUT2D eigenvalue weighted by Crippen LogP contribution is -2.19. The molecule has 0 amide bonds. The van der Waals surface area contributed by atoms with E-state index in [0.717, 1.165) is 36.5 Å². The highest BCUT2D eigenvalue weighted by Gasteiger charge is 2.41. The van der Waals surface area contributed by atoms with E-state index in [1.165, 1.54) is 32.0 Å². The molecule has 1 aromatic heterocycles. The molecule has 2 aliphatic rings. The van der Waals surface area contributed by atoms with Gasteiger partial charge in [0.1, 0.15) is 12.0 Å². The molecule has 0 unspecified atom stereocenters. The lowest BCUT2D eigenvalue weighted by atomic mass is 9.98. The van der Waals surface area contributed by atoms with E-state index in [1.54, 1.807) is 0 Å². The Kier molecular flexibility index (Phi) is 3.94. The van der Waals surface area contributed by atoms with Gasteiger partial charge in [-0.05, 0) is 49.9 Å². The van der Waals surface area contributed by atoms with Gasteiger partial charge in [-0.25, -0.2) is 4.98 Å². The molecular weight excluding hydrogens is 252 g/mol. The summed E-state index contributed by atoms with van der Waals surface area (Å²) in [6, 6.07) is 0. The van der Waals surface area contributed by atoms with Gasteiger partial charge in [0.25, 0.3) is 0 Å². The molecule has 0 atom stereocenters. The van der Waals surface area contributed by atoms with Crippen LogP contribution < -0.4 is 15.8 Å². The molecule has 0 saturated heterocycles. The van der Waals surface area contributed by atoms with Crippen molar-refractivity contribution in [1.82, 2.24) is 9.97 Å². The van der Waals surface area contributed by atoms with Crippen molar-refractivity contribution in [2.75, 3.05) is 24.2 Å². The lowest BCUT2D eigenvalue weighted by molar-refractivity contribution is 0.306. The van der Waals surface area contributed by atoms with Crippen LogP contribution in [0.2, 0.25) is 0 Å². The van der Waals surface area contributed by atoms with Gasteiger partial charge in [-0.1, -0.05) is 6.92 Å². The van der Waals surface area contributed by atoms with E-state index in [4.69, 9.17) is 10.5 Å². The van der Waals surface area contributed by atoms with Gasteiger partial charge in [0.05, 0.1) is 6.61 Å². The van der Waals surface area contributed by atoms with Crippen LogP contribution in [0.1, 0.15) is 39.0 Å². The van der Waals surface area contributed by atoms with Gasteiger partial charge in [0, 0.05) is 6.54 Å². The molecule has 3 rings (SSSR count). The summed E-state index contributed by atoms with van der Waals surface area (Å²) in [5.74, 6) is 3.86. The number of aromatic nitrogens is 2. The highest BCUT2D eigenvalue weighted by molar-refractivity contribution is 5.66. The second-order valence-corrected chi connectivity index (χ2v) is 6.01. The molecule has 1 aromatic rings. The fourth-order valence-electron chi connectivity index (χ4n) is 2.82. The van der Waals surface area contributed by atoms with E-state index in [2.05, 4.69) is 22.2 Å². The summed E-state index contributed by atoms with van der Waals surface area (Å²) >= 11 is 0. The Balaban J connectivity index is 1.61. The van der Waals surface area contributed by atoms with Gasteiger partial charge >= 0.3 is 0 Å². The van der Waals surface area contributed by atoms with Crippen LogP contribution >= 0.6 is 0 Å². The predicted octanol–water partition coefficient (Wildman–Crippen LogP) is 2.70. The first kappa shape index (κ1) is 13.5. The van der Waals surface area contributed by atoms with Crippen molar-refractivity contribution in [3.63, 3.8) is 0 Å². The summed E-state index contributed by atoms with van der Waals surface area (Å²) in [7, 11) is 0. The zero-order valence-corrected chi connectivity index (χ0v) is 12.1. The number of hydrogen-bond acceptors (Lipinski definition) is 5. The van der Waals surface area contributed by atoms with Crippen LogP contribution in [0.5, 0.6) is 5.88 Å². The number of rotatable bonds is 8. The number of nitrogen functional groups attached to an aromatic ring is 1. The SMILES string of the molecule is CCCOc1ncnc(NCC(C2CC2)C2CC2)c1N. The van der Waals surface area contributed by atoms with Crippen molar-refractivity contribution in [2.45, 2.75) is 39.0 Å². The monoisotopic (exact) mass is 276 g/mol. The number of nitrogens with one attached hydrogen (secondary N) is 1. The standard InChI is InChI=1S/C15H24N4O/c1-2-7-20-15-13(16)14(18-9-19-15)17-8-12(10-3-4-10)11-5-6-11/h9-12H,2-8,16H2,1H3,(H,17,18,19). The summed E-state index contributed by atoms with van der Waals surface area (Å²) in [4.78, 5) is 8.35. The number of anilines is 2. The third-order valence-corrected chi connectivity index (χ3v) is 4.25. The van der Waals surface area contributed by atoms with Crippen molar-refractivity contribution < 1.29 is 4.74 Å². The second-order valence-electron chi connectivity index (χ2n) is 6.01. The van der Waals surface area contributed by atoms with Crippen molar-refractivity contribution in [3.8, 4) is 5.88 Å². The van der Waals surface area contributed by atoms with E-state index in [0.29, 0.717) is 18.2 Å². The van der Waals surface area contributed by atoms with E-state index >= 15 is 0 Å². The largest absolute Gasteiger partial charge is 0.476 e. The van der Waals surface area contributed by atoms with E-state index in [-0.39, 0.29) is 0 Å². The molecule has 2 fully saturated rings. The van der Waals surface area contributed by atoms with E-state index < -0.39 is 0 Å². The molecular formula is C15H24N4O. The average molecular weight is 276 g/mol. The quantitative estimate of drug-likeness (QED) is 0.763. The molecule has 0 radical (unpaired) electrons. The first-order chi connectivity index (χ1) is 9.79. The number of nitrogens with zero attached hydrogens (tertiary/aromatic N) is 2. The molecule has 2 saturated carbocycles. The lowest BCUT2D eigenvalue weighted by Gasteiger charge is -2.18. The summed E-state index contributed by atoms with van der Waals surface area (Å²) in [5.41, 5.74) is 6.61. The maximum absolute atomic E-state index is 6.08. The third-order valence-electron chi connectivity index (χ3n) is 4.25. The summed E-state index contributed by atoms with van der Waals surface area (Å²) in [6.45, 7) is 3.67. The maximum Gasteiger partial charge on any atom is 0.242 e. The minimum absolute atomic E-state index is 0.499. The first-order valence-corrected chi connectivity index (χ1v) is 7.76. The fraction of sp³-hybridized carbons (Fsp3) is 0.733. The first-order valence-electron chi connectivity index (χ1n) is 7.76. The molecule has 5 heteroatoms. The zero-order valence-electron chi connectivity index (χ0n) is 12.1. The Morgan fingerprint density at radius 3 is 2.60 bits per heavy atom. The number of hydrogen-bond donors (Lipinski definition) is 2. The zero-order chi connectivity index (χ0) is 13.9. The minimum atomic E-state index is 0.499. The molecule has 0 bridgehead atoms.